The molecule has 0 unspecified atom stereocenters. The average molecular weight is 381 g/mol. The van der Waals surface area contributed by atoms with Crippen molar-refractivity contribution in [2.45, 2.75) is 13.3 Å². The largest absolute Gasteiger partial charge is 0.375 e. The number of nitrogens with zero attached hydrogens (tertiary/aromatic N) is 3. The summed E-state index contributed by atoms with van der Waals surface area (Å²) in [5.41, 5.74) is 3.17. The molecule has 1 fully saturated rings. The first-order valence-corrected chi connectivity index (χ1v) is 10.3. The van der Waals surface area contributed by atoms with Crippen LogP contribution in [0.15, 0.2) is 54.6 Å². The van der Waals surface area contributed by atoms with Crippen molar-refractivity contribution in [3.8, 4) is 0 Å². The normalized spacial score (nSPS) is 14.7. The Labute approximate surface area is 168 Å². The van der Waals surface area contributed by atoms with Gasteiger partial charge in [0, 0.05) is 69.8 Å². The number of amides is 1. The second kappa shape index (κ2) is 10.1. The summed E-state index contributed by atoms with van der Waals surface area (Å²) in [4.78, 5) is 19.4. The van der Waals surface area contributed by atoms with Crippen LogP contribution >= 0.6 is 0 Å². The Balaban J connectivity index is 1.39. The van der Waals surface area contributed by atoms with E-state index in [9.17, 15) is 4.79 Å². The van der Waals surface area contributed by atoms with Gasteiger partial charge < -0.3 is 15.1 Å². The van der Waals surface area contributed by atoms with Gasteiger partial charge in [-0.25, -0.2) is 0 Å². The van der Waals surface area contributed by atoms with Crippen molar-refractivity contribution in [2.75, 3.05) is 62.7 Å². The average Bonchev–Trinajstić information content (AvgIpc) is 2.75. The van der Waals surface area contributed by atoms with Crippen LogP contribution in [0.5, 0.6) is 0 Å². The van der Waals surface area contributed by atoms with Gasteiger partial charge in [-0.05, 0) is 42.8 Å². The highest BCUT2D eigenvalue weighted by molar-refractivity contribution is 5.94. The van der Waals surface area contributed by atoms with Gasteiger partial charge in [-0.2, -0.15) is 0 Å². The van der Waals surface area contributed by atoms with Gasteiger partial charge >= 0.3 is 0 Å². The standard InChI is InChI=1S/C23H32N4O/c1-3-14-25(2)21-11-9-20(10-12-21)23(28)24-13-15-26-16-18-27(19-17-26)22-7-5-4-6-8-22/h4-12H,3,13-19H2,1-2H3,(H,24,28). The van der Waals surface area contributed by atoms with Crippen LogP contribution in [0, 0.1) is 0 Å². The first kappa shape index (κ1) is 20.2. The number of hydrogen-bond donors (Lipinski definition) is 1. The highest BCUT2D eigenvalue weighted by atomic mass is 16.1. The Morgan fingerprint density at radius 1 is 1.00 bits per heavy atom. The zero-order valence-electron chi connectivity index (χ0n) is 17.1. The van der Waals surface area contributed by atoms with Crippen LogP contribution in [0.3, 0.4) is 0 Å². The maximum Gasteiger partial charge on any atom is 0.251 e. The first-order valence-electron chi connectivity index (χ1n) is 10.3. The lowest BCUT2D eigenvalue weighted by molar-refractivity contribution is 0.0948. The number of rotatable bonds is 8. The minimum atomic E-state index is 0.00705. The third kappa shape index (κ3) is 5.49. The first-order chi connectivity index (χ1) is 13.7. The third-order valence-corrected chi connectivity index (χ3v) is 5.34. The Morgan fingerprint density at radius 2 is 1.68 bits per heavy atom. The van der Waals surface area contributed by atoms with Crippen molar-refractivity contribution >= 4 is 17.3 Å². The van der Waals surface area contributed by atoms with E-state index in [1.54, 1.807) is 0 Å². The molecule has 5 heteroatoms. The molecule has 1 aliphatic rings. The molecule has 0 atom stereocenters. The molecule has 0 bridgehead atoms. The van der Waals surface area contributed by atoms with Crippen molar-refractivity contribution in [3.05, 3.63) is 60.2 Å². The number of benzene rings is 2. The topological polar surface area (TPSA) is 38.8 Å². The van der Waals surface area contributed by atoms with Crippen molar-refractivity contribution < 1.29 is 4.79 Å². The van der Waals surface area contributed by atoms with E-state index in [0.29, 0.717) is 6.54 Å². The number of carbonyl (C=O) groups excluding carboxylic acids is 1. The fourth-order valence-corrected chi connectivity index (χ4v) is 3.63. The molecule has 1 aliphatic heterocycles. The molecule has 0 aliphatic carbocycles. The van der Waals surface area contributed by atoms with Gasteiger partial charge in [0.25, 0.3) is 5.91 Å². The molecule has 3 rings (SSSR count). The summed E-state index contributed by atoms with van der Waals surface area (Å²) in [6.45, 7) is 8.89. The maximum absolute atomic E-state index is 12.4. The van der Waals surface area contributed by atoms with Gasteiger partial charge in [-0.15, -0.1) is 0 Å². The van der Waals surface area contributed by atoms with Gasteiger partial charge in [0.05, 0.1) is 0 Å². The van der Waals surface area contributed by atoms with Gasteiger partial charge in [-0.3, -0.25) is 9.69 Å². The molecule has 0 aromatic heterocycles. The van der Waals surface area contributed by atoms with E-state index in [0.717, 1.165) is 56.9 Å². The third-order valence-electron chi connectivity index (χ3n) is 5.34. The zero-order valence-corrected chi connectivity index (χ0v) is 17.1. The van der Waals surface area contributed by atoms with Crippen LogP contribution in [0.2, 0.25) is 0 Å². The fourth-order valence-electron chi connectivity index (χ4n) is 3.63. The van der Waals surface area contributed by atoms with E-state index in [2.05, 4.69) is 64.3 Å². The molecular formula is C23H32N4O. The summed E-state index contributed by atoms with van der Waals surface area (Å²) in [5, 5.41) is 3.06. The van der Waals surface area contributed by atoms with Gasteiger partial charge in [-0.1, -0.05) is 25.1 Å². The number of carbonyl (C=O) groups is 1. The highest BCUT2D eigenvalue weighted by Gasteiger charge is 2.17. The van der Waals surface area contributed by atoms with E-state index in [4.69, 9.17) is 0 Å². The predicted octanol–water partition coefficient (Wildman–Crippen LogP) is 3.08. The molecule has 2 aromatic rings. The van der Waals surface area contributed by atoms with Crippen LogP contribution in [0.1, 0.15) is 23.7 Å². The van der Waals surface area contributed by atoms with E-state index in [-0.39, 0.29) is 5.91 Å². The summed E-state index contributed by atoms with van der Waals surface area (Å²) in [6, 6.07) is 18.4. The minimum absolute atomic E-state index is 0.00705. The molecule has 2 aromatic carbocycles. The van der Waals surface area contributed by atoms with Crippen LogP contribution in [0.4, 0.5) is 11.4 Å². The van der Waals surface area contributed by atoms with Crippen LogP contribution in [0.25, 0.3) is 0 Å². The predicted molar refractivity (Wildman–Crippen MR) is 117 cm³/mol. The lowest BCUT2D eigenvalue weighted by Gasteiger charge is -2.36. The molecule has 5 nitrogen and oxygen atoms in total. The molecule has 0 saturated carbocycles. The Hall–Kier alpha value is -2.53. The number of hydrogen-bond acceptors (Lipinski definition) is 4. The molecular weight excluding hydrogens is 348 g/mol. The zero-order chi connectivity index (χ0) is 19.8. The Kier molecular flexibility index (Phi) is 7.31. The highest BCUT2D eigenvalue weighted by Crippen LogP contribution is 2.16. The van der Waals surface area contributed by atoms with Crippen LogP contribution < -0.4 is 15.1 Å². The number of nitrogens with one attached hydrogen (secondary N) is 1. The lowest BCUT2D eigenvalue weighted by Crippen LogP contribution is -2.48. The lowest BCUT2D eigenvalue weighted by atomic mass is 10.2. The van der Waals surface area contributed by atoms with Crippen molar-refractivity contribution in [1.29, 1.82) is 0 Å². The summed E-state index contributed by atoms with van der Waals surface area (Å²) in [6.07, 6.45) is 1.11. The summed E-state index contributed by atoms with van der Waals surface area (Å²) >= 11 is 0. The SMILES string of the molecule is CCCN(C)c1ccc(C(=O)NCCN2CCN(c3ccccc3)CC2)cc1. The maximum atomic E-state index is 12.4. The van der Waals surface area contributed by atoms with Gasteiger partial charge in [0.2, 0.25) is 0 Å². The minimum Gasteiger partial charge on any atom is -0.375 e. The molecule has 28 heavy (non-hydrogen) atoms. The van der Waals surface area contributed by atoms with Crippen LogP contribution in [-0.4, -0.2) is 63.7 Å². The van der Waals surface area contributed by atoms with Crippen molar-refractivity contribution in [3.63, 3.8) is 0 Å². The molecule has 1 saturated heterocycles. The summed E-state index contributed by atoms with van der Waals surface area (Å²) in [5.74, 6) is 0.00705. The number of anilines is 2. The van der Waals surface area contributed by atoms with Gasteiger partial charge in [0.1, 0.15) is 0 Å². The monoisotopic (exact) mass is 380 g/mol. The van der Waals surface area contributed by atoms with Crippen molar-refractivity contribution in [2.24, 2.45) is 0 Å². The van der Waals surface area contributed by atoms with E-state index >= 15 is 0 Å². The number of para-hydroxylation sites is 1. The molecule has 1 N–H and O–H groups in total. The summed E-state index contributed by atoms with van der Waals surface area (Å²) in [7, 11) is 2.08. The van der Waals surface area contributed by atoms with Gasteiger partial charge in [0.15, 0.2) is 0 Å². The Morgan fingerprint density at radius 3 is 2.32 bits per heavy atom. The molecule has 0 radical (unpaired) electrons. The quantitative estimate of drug-likeness (QED) is 0.764. The van der Waals surface area contributed by atoms with E-state index in [1.807, 2.05) is 24.3 Å². The van der Waals surface area contributed by atoms with Crippen LogP contribution in [-0.2, 0) is 0 Å². The Bertz CT molecular complexity index is 724. The number of piperazine rings is 1. The molecule has 0 spiro atoms. The van der Waals surface area contributed by atoms with E-state index < -0.39 is 0 Å². The second-order valence-electron chi connectivity index (χ2n) is 7.39. The summed E-state index contributed by atoms with van der Waals surface area (Å²) < 4.78 is 0. The molecule has 1 heterocycles. The smallest absolute Gasteiger partial charge is 0.251 e. The van der Waals surface area contributed by atoms with Crippen molar-refractivity contribution in [1.82, 2.24) is 10.2 Å². The fraction of sp³-hybridized carbons (Fsp3) is 0.435. The molecule has 1 amide bonds. The second-order valence-corrected chi connectivity index (χ2v) is 7.39. The van der Waals surface area contributed by atoms with E-state index in [1.165, 1.54) is 5.69 Å². The molecule has 150 valence electrons.